The molecule has 1 amide bonds. The summed E-state index contributed by atoms with van der Waals surface area (Å²) in [6, 6.07) is 7.86. The Balaban J connectivity index is 2.53. The fourth-order valence-corrected chi connectivity index (χ4v) is 2.20. The van der Waals surface area contributed by atoms with Crippen LogP contribution in [0.25, 0.3) is 0 Å². The predicted octanol–water partition coefficient (Wildman–Crippen LogP) is 2.82. The molecule has 0 atom stereocenters. The summed E-state index contributed by atoms with van der Waals surface area (Å²) < 4.78 is 5.53. The minimum atomic E-state index is -0.318. The average molecular weight is 292 g/mol. The summed E-state index contributed by atoms with van der Waals surface area (Å²) in [5.74, 6) is 1.07. The van der Waals surface area contributed by atoms with Crippen molar-refractivity contribution >= 4 is 5.91 Å². The smallest absolute Gasteiger partial charge is 0.258 e. The lowest BCUT2D eigenvalue weighted by molar-refractivity contribution is -0.125. The van der Waals surface area contributed by atoms with Gasteiger partial charge < -0.3 is 15.8 Å². The number of amides is 1. The van der Waals surface area contributed by atoms with Gasteiger partial charge in [-0.3, -0.25) is 4.79 Å². The zero-order valence-corrected chi connectivity index (χ0v) is 13.6. The van der Waals surface area contributed by atoms with E-state index in [1.54, 1.807) is 0 Å². The molecule has 0 aromatic heterocycles. The number of nitrogens with one attached hydrogen (secondary N) is 1. The number of carbonyl (C=O) groups is 1. The largest absolute Gasteiger partial charge is 0.484 e. The second kappa shape index (κ2) is 8.03. The highest BCUT2D eigenvalue weighted by atomic mass is 16.5. The van der Waals surface area contributed by atoms with E-state index in [1.807, 2.05) is 38.1 Å². The molecular weight excluding hydrogens is 264 g/mol. The molecule has 0 unspecified atom stereocenters. The molecule has 1 rings (SSSR count). The average Bonchev–Trinajstić information content (AvgIpc) is 2.51. The van der Waals surface area contributed by atoms with Gasteiger partial charge in [-0.05, 0) is 36.5 Å². The van der Waals surface area contributed by atoms with Crippen molar-refractivity contribution in [2.24, 2.45) is 5.73 Å². The number of hydrogen-bond acceptors (Lipinski definition) is 3. The van der Waals surface area contributed by atoms with E-state index in [0.29, 0.717) is 18.2 Å². The molecule has 0 radical (unpaired) electrons. The van der Waals surface area contributed by atoms with Crippen LogP contribution in [0.4, 0.5) is 0 Å². The molecule has 4 nitrogen and oxygen atoms in total. The van der Waals surface area contributed by atoms with Crippen molar-refractivity contribution in [3.05, 3.63) is 29.8 Å². The maximum atomic E-state index is 12.0. The van der Waals surface area contributed by atoms with Gasteiger partial charge in [-0.1, -0.05) is 39.8 Å². The second-order valence-corrected chi connectivity index (χ2v) is 5.75. The quantitative estimate of drug-likeness (QED) is 0.774. The number of hydrogen-bond donors (Lipinski definition) is 2. The zero-order valence-electron chi connectivity index (χ0n) is 13.6. The minimum absolute atomic E-state index is 0.0166. The highest BCUT2D eigenvalue weighted by Crippen LogP contribution is 2.18. The molecule has 0 heterocycles. The van der Waals surface area contributed by atoms with Gasteiger partial charge in [-0.25, -0.2) is 0 Å². The van der Waals surface area contributed by atoms with Crippen molar-refractivity contribution in [1.82, 2.24) is 5.32 Å². The van der Waals surface area contributed by atoms with Crippen LogP contribution >= 0.6 is 0 Å². The van der Waals surface area contributed by atoms with E-state index in [1.165, 1.54) is 5.56 Å². The number of rotatable bonds is 8. The number of nitrogens with two attached hydrogens (primary N) is 1. The van der Waals surface area contributed by atoms with E-state index in [-0.39, 0.29) is 18.1 Å². The Hall–Kier alpha value is -1.55. The Morgan fingerprint density at radius 3 is 2.24 bits per heavy atom. The molecule has 0 saturated heterocycles. The molecule has 21 heavy (non-hydrogen) atoms. The van der Waals surface area contributed by atoms with E-state index < -0.39 is 0 Å². The maximum absolute atomic E-state index is 12.0. The molecule has 0 spiro atoms. The van der Waals surface area contributed by atoms with Crippen LogP contribution in [0.3, 0.4) is 0 Å². The molecule has 0 aliphatic carbocycles. The van der Waals surface area contributed by atoms with Gasteiger partial charge in [0, 0.05) is 6.54 Å². The Bertz CT molecular complexity index is 428. The van der Waals surface area contributed by atoms with Gasteiger partial charge in [0.25, 0.3) is 5.91 Å². The zero-order chi connectivity index (χ0) is 15.9. The standard InChI is InChI=1S/C17H28N2O2/c1-5-17(6-2,12-18)19-16(20)11-21-15-9-7-14(8-10-15)13(3)4/h7-10,13H,5-6,11-12,18H2,1-4H3,(H,19,20). The fourth-order valence-electron chi connectivity index (χ4n) is 2.20. The third kappa shape index (κ3) is 5.05. The van der Waals surface area contributed by atoms with Crippen LogP contribution in [-0.2, 0) is 4.79 Å². The Labute approximate surface area is 128 Å². The molecule has 1 aromatic carbocycles. The minimum Gasteiger partial charge on any atom is -0.484 e. The van der Waals surface area contributed by atoms with Crippen LogP contribution < -0.4 is 15.8 Å². The van der Waals surface area contributed by atoms with Crippen LogP contribution in [0.1, 0.15) is 52.0 Å². The van der Waals surface area contributed by atoms with Crippen molar-refractivity contribution in [3.8, 4) is 5.75 Å². The van der Waals surface area contributed by atoms with Crippen LogP contribution in [0.2, 0.25) is 0 Å². The Morgan fingerprint density at radius 2 is 1.81 bits per heavy atom. The SMILES string of the molecule is CCC(CC)(CN)NC(=O)COc1ccc(C(C)C)cc1. The first kappa shape index (κ1) is 17.5. The number of carbonyl (C=O) groups excluding carboxylic acids is 1. The molecule has 0 saturated carbocycles. The summed E-state index contributed by atoms with van der Waals surface area (Å²) in [5, 5.41) is 2.99. The lowest BCUT2D eigenvalue weighted by atomic mass is 9.93. The van der Waals surface area contributed by atoms with Crippen LogP contribution in [-0.4, -0.2) is 24.6 Å². The molecule has 0 fully saturated rings. The van der Waals surface area contributed by atoms with E-state index >= 15 is 0 Å². The van der Waals surface area contributed by atoms with Crippen molar-refractivity contribution in [1.29, 1.82) is 0 Å². The highest BCUT2D eigenvalue weighted by Gasteiger charge is 2.26. The highest BCUT2D eigenvalue weighted by molar-refractivity contribution is 5.78. The van der Waals surface area contributed by atoms with Crippen LogP contribution in [0.15, 0.2) is 24.3 Å². The topological polar surface area (TPSA) is 64.3 Å². The van der Waals surface area contributed by atoms with Gasteiger partial charge in [-0.15, -0.1) is 0 Å². The summed E-state index contributed by atoms with van der Waals surface area (Å²) in [5.41, 5.74) is 6.71. The van der Waals surface area contributed by atoms with Crippen molar-refractivity contribution < 1.29 is 9.53 Å². The van der Waals surface area contributed by atoms with Crippen LogP contribution in [0, 0.1) is 0 Å². The predicted molar refractivity (Wildman–Crippen MR) is 86.5 cm³/mol. The van der Waals surface area contributed by atoms with Crippen molar-refractivity contribution in [3.63, 3.8) is 0 Å². The lowest BCUT2D eigenvalue weighted by Gasteiger charge is -2.31. The van der Waals surface area contributed by atoms with E-state index in [0.717, 1.165) is 12.8 Å². The second-order valence-electron chi connectivity index (χ2n) is 5.75. The maximum Gasteiger partial charge on any atom is 0.258 e. The monoisotopic (exact) mass is 292 g/mol. The molecule has 118 valence electrons. The molecular formula is C17H28N2O2. The van der Waals surface area contributed by atoms with Gasteiger partial charge >= 0.3 is 0 Å². The fraction of sp³-hybridized carbons (Fsp3) is 0.588. The van der Waals surface area contributed by atoms with Gasteiger partial charge in [0.05, 0.1) is 5.54 Å². The number of benzene rings is 1. The van der Waals surface area contributed by atoms with Gasteiger partial charge in [0.1, 0.15) is 5.75 Å². The van der Waals surface area contributed by atoms with Crippen LogP contribution in [0.5, 0.6) is 5.75 Å². The van der Waals surface area contributed by atoms with E-state index in [9.17, 15) is 4.79 Å². The molecule has 0 bridgehead atoms. The van der Waals surface area contributed by atoms with E-state index in [4.69, 9.17) is 10.5 Å². The first-order chi connectivity index (χ1) is 9.96. The summed E-state index contributed by atoms with van der Waals surface area (Å²) in [6.07, 6.45) is 1.63. The van der Waals surface area contributed by atoms with Gasteiger partial charge in [0.2, 0.25) is 0 Å². The van der Waals surface area contributed by atoms with E-state index in [2.05, 4.69) is 19.2 Å². The molecule has 0 aliphatic rings. The normalized spacial score (nSPS) is 11.5. The van der Waals surface area contributed by atoms with Gasteiger partial charge in [0.15, 0.2) is 6.61 Å². The van der Waals surface area contributed by atoms with Gasteiger partial charge in [-0.2, -0.15) is 0 Å². The number of ether oxygens (including phenoxy) is 1. The first-order valence-electron chi connectivity index (χ1n) is 7.70. The molecule has 4 heteroatoms. The summed E-state index contributed by atoms with van der Waals surface area (Å²) in [6.45, 7) is 8.80. The third-order valence-corrected chi connectivity index (χ3v) is 4.07. The lowest BCUT2D eigenvalue weighted by Crippen LogP contribution is -2.54. The summed E-state index contributed by atoms with van der Waals surface area (Å²) >= 11 is 0. The molecule has 1 aromatic rings. The van der Waals surface area contributed by atoms with Crippen molar-refractivity contribution in [2.75, 3.05) is 13.2 Å². The Kier molecular flexibility index (Phi) is 6.69. The van der Waals surface area contributed by atoms with Crippen molar-refractivity contribution in [2.45, 2.75) is 52.0 Å². The molecule has 0 aliphatic heterocycles. The summed E-state index contributed by atoms with van der Waals surface area (Å²) in [4.78, 5) is 12.0. The third-order valence-electron chi connectivity index (χ3n) is 4.07. The first-order valence-corrected chi connectivity index (χ1v) is 7.70. The summed E-state index contributed by atoms with van der Waals surface area (Å²) in [7, 11) is 0. The Morgan fingerprint density at radius 1 is 1.24 bits per heavy atom. The molecule has 3 N–H and O–H groups in total.